The SMILES string of the molecule is Cl.Fc1ccc(NCC2CC2)cc1F. The van der Waals surface area contributed by atoms with Gasteiger partial charge in [0.1, 0.15) is 0 Å². The summed E-state index contributed by atoms with van der Waals surface area (Å²) in [6.07, 6.45) is 2.49. The molecular formula is C10H12ClF2N. The van der Waals surface area contributed by atoms with Gasteiger partial charge in [-0.05, 0) is 37.0 Å². The van der Waals surface area contributed by atoms with Crippen molar-refractivity contribution in [2.75, 3.05) is 11.9 Å². The summed E-state index contributed by atoms with van der Waals surface area (Å²) in [7, 11) is 0. The van der Waals surface area contributed by atoms with Crippen LogP contribution in [0.4, 0.5) is 14.5 Å². The van der Waals surface area contributed by atoms with Crippen molar-refractivity contribution in [1.82, 2.24) is 0 Å². The van der Waals surface area contributed by atoms with E-state index in [-0.39, 0.29) is 12.4 Å². The van der Waals surface area contributed by atoms with E-state index < -0.39 is 11.6 Å². The lowest BCUT2D eigenvalue weighted by Crippen LogP contribution is -2.03. The highest BCUT2D eigenvalue weighted by Gasteiger charge is 2.20. The maximum absolute atomic E-state index is 12.7. The second-order valence-corrected chi connectivity index (χ2v) is 3.45. The van der Waals surface area contributed by atoms with Crippen LogP contribution >= 0.6 is 12.4 Å². The van der Waals surface area contributed by atoms with Crippen molar-refractivity contribution in [2.24, 2.45) is 5.92 Å². The molecule has 1 aliphatic carbocycles. The van der Waals surface area contributed by atoms with Crippen LogP contribution in [0.5, 0.6) is 0 Å². The number of hydrogen-bond acceptors (Lipinski definition) is 1. The van der Waals surface area contributed by atoms with Crippen LogP contribution in [0.1, 0.15) is 12.8 Å². The van der Waals surface area contributed by atoms with Gasteiger partial charge in [0.15, 0.2) is 11.6 Å². The van der Waals surface area contributed by atoms with E-state index >= 15 is 0 Å². The third kappa shape index (κ3) is 2.84. The smallest absolute Gasteiger partial charge is 0.160 e. The zero-order valence-electron chi connectivity index (χ0n) is 7.59. The van der Waals surface area contributed by atoms with Crippen LogP contribution in [0, 0.1) is 17.6 Å². The lowest BCUT2D eigenvalue weighted by molar-refractivity contribution is 0.509. The number of hydrogen-bond donors (Lipinski definition) is 1. The minimum absolute atomic E-state index is 0. The van der Waals surface area contributed by atoms with Crippen LogP contribution < -0.4 is 5.32 Å². The predicted molar refractivity (Wildman–Crippen MR) is 54.8 cm³/mol. The van der Waals surface area contributed by atoms with Crippen LogP contribution in [0.2, 0.25) is 0 Å². The van der Waals surface area contributed by atoms with Crippen LogP contribution in [0.25, 0.3) is 0 Å². The summed E-state index contributed by atoms with van der Waals surface area (Å²) in [5, 5.41) is 3.07. The fourth-order valence-electron chi connectivity index (χ4n) is 1.19. The highest BCUT2D eigenvalue weighted by Crippen LogP contribution is 2.29. The van der Waals surface area contributed by atoms with Gasteiger partial charge in [-0.15, -0.1) is 12.4 Å². The van der Waals surface area contributed by atoms with Crippen molar-refractivity contribution in [1.29, 1.82) is 0 Å². The third-order valence-electron chi connectivity index (χ3n) is 2.21. The topological polar surface area (TPSA) is 12.0 Å². The van der Waals surface area contributed by atoms with Gasteiger partial charge in [-0.25, -0.2) is 8.78 Å². The molecule has 1 N–H and O–H groups in total. The molecule has 0 heterocycles. The van der Waals surface area contributed by atoms with Crippen LogP contribution in [0.3, 0.4) is 0 Å². The van der Waals surface area contributed by atoms with Crippen molar-refractivity contribution in [3.05, 3.63) is 29.8 Å². The van der Waals surface area contributed by atoms with Gasteiger partial charge >= 0.3 is 0 Å². The molecule has 1 aromatic rings. The van der Waals surface area contributed by atoms with Gasteiger partial charge in [0.25, 0.3) is 0 Å². The van der Waals surface area contributed by atoms with E-state index in [1.807, 2.05) is 0 Å². The zero-order chi connectivity index (χ0) is 9.26. The molecule has 0 radical (unpaired) electrons. The summed E-state index contributed by atoms with van der Waals surface area (Å²) in [5.74, 6) is -0.856. The van der Waals surface area contributed by atoms with E-state index in [0.717, 1.165) is 18.5 Å². The Morgan fingerprint density at radius 3 is 2.50 bits per heavy atom. The molecule has 0 saturated heterocycles. The van der Waals surface area contributed by atoms with E-state index in [1.54, 1.807) is 6.07 Å². The summed E-state index contributed by atoms with van der Waals surface area (Å²) >= 11 is 0. The highest BCUT2D eigenvalue weighted by atomic mass is 35.5. The zero-order valence-corrected chi connectivity index (χ0v) is 8.41. The maximum atomic E-state index is 12.7. The Morgan fingerprint density at radius 1 is 1.21 bits per heavy atom. The van der Waals surface area contributed by atoms with Gasteiger partial charge in [0, 0.05) is 12.2 Å². The van der Waals surface area contributed by atoms with Crippen molar-refractivity contribution < 1.29 is 8.78 Å². The van der Waals surface area contributed by atoms with E-state index in [2.05, 4.69) is 5.32 Å². The fraction of sp³-hybridized carbons (Fsp3) is 0.400. The minimum Gasteiger partial charge on any atom is -0.385 e. The number of halogens is 3. The number of benzene rings is 1. The van der Waals surface area contributed by atoms with Crippen molar-refractivity contribution >= 4 is 18.1 Å². The Morgan fingerprint density at radius 2 is 1.93 bits per heavy atom. The van der Waals surface area contributed by atoms with E-state index in [4.69, 9.17) is 0 Å². The van der Waals surface area contributed by atoms with Crippen LogP contribution in [-0.2, 0) is 0 Å². The molecule has 2 rings (SSSR count). The Labute approximate surface area is 87.9 Å². The average Bonchev–Trinajstić information content (AvgIpc) is 2.91. The first-order valence-electron chi connectivity index (χ1n) is 4.44. The normalized spacial score (nSPS) is 14.7. The van der Waals surface area contributed by atoms with Crippen LogP contribution in [0.15, 0.2) is 18.2 Å². The molecule has 14 heavy (non-hydrogen) atoms. The first-order valence-corrected chi connectivity index (χ1v) is 4.44. The molecule has 0 aliphatic heterocycles. The Kier molecular flexibility index (Phi) is 3.69. The molecule has 0 amide bonds. The Balaban J connectivity index is 0.000000980. The van der Waals surface area contributed by atoms with Gasteiger partial charge < -0.3 is 5.32 Å². The molecular weight excluding hydrogens is 208 g/mol. The van der Waals surface area contributed by atoms with E-state index in [1.165, 1.54) is 18.9 Å². The molecule has 4 heteroatoms. The summed E-state index contributed by atoms with van der Waals surface area (Å²) in [6, 6.07) is 3.89. The van der Waals surface area contributed by atoms with E-state index in [9.17, 15) is 8.78 Å². The molecule has 78 valence electrons. The summed E-state index contributed by atoms with van der Waals surface area (Å²) in [5.41, 5.74) is 0.658. The summed E-state index contributed by atoms with van der Waals surface area (Å²) < 4.78 is 25.2. The van der Waals surface area contributed by atoms with Gasteiger partial charge in [0.2, 0.25) is 0 Å². The van der Waals surface area contributed by atoms with Crippen molar-refractivity contribution in [2.45, 2.75) is 12.8 Å². The van der Waals surface area contributed by atoms with Crippen molar-refractivity contribution in [3.8, 4) is 0 Å². The van der Waals surface area contributed by atoms with Gasteiger partial charge in [-0.1, -0.05) is 0 Å². The molecule has 0 unspecified atom stereocenters. The fourth-order valence-corrected chi connectivity index (χ4v) is 1.19. The molecule has 0 bridgehead atoms. The van der Waals surface area contributed by atoms with E-state index in [0.29, 0.717) is 5.69 Å². The van der Waals surface area contributed by atoms with Crippen molar-refractivity contribution in [3.63, 3.8) is 0 Å². The maximum Gasteiger partial charge on any atom is 0.160 e. The monoisotopic (exact) mass is 219 g/mol. The lowest BCUT2D eigenvalue weighted by Gasteiger charge is -2.04. The van der Waals surface area contributed by atoms with Gasteiger partial charge in [-0.3, -0.25) is 0 Å². The molecule has 1 nitrogen and oxygen atoms in total. The predicted octanol–water partition coefficient (Wildman–Crippen LogP) is 3.21. The number of anilines is 1. The number of rotatable bonds is 3. The minimum atomic E-state index is -0.794. The molecule has 0 spiro atoms. The first-order chi connectivity index (χ1) is 6.25. The molecule has 0 atom stereocenters. The number of nitrogens with one attached hydrogen (secondary N) is 1. The average molecular weight is 220 g/mol. The molecule has 0 aromatic heterocycles. The first kappa shape index (κ1) is 11.2. The lowest BCUT2D eigenvalue weighted by atomic mass is 10.3. The Hall–Kier alpha value is -0.830. The molecule has 1 aromatic carbocycles. The summed E-state index contributed by atoms with van der Waals surface area (Å²) in [6.45, 7) is 0.866. The molecule has 1 fully saturated rings. The quantitative estimate of drug-likeness (QED) is 0.823. The van der Waals surface area contributed by atoms with Gasteiger partial charge in [-0.2, -0.15) is 0 Å². The van der Waals surface area contributed by atoms with Crippen LogP contribution in [-0.4, -0.2) is 6.54 Å². The van der Waals surface area contributed by atoms with Gasteiger partial charge in [0.05, 0.1) is 0 Å². The second kappa shape index (κ2) is 4.60. The largest absolute Gasteiger partial charge is 0.385 e. The standard InChI is InChI=1S/C10H11F2N.ClH/c11-9-4-3-8(5-10(9)12)13-6-7-1-2-7;/h3-5,7,13H,1-2,6H2;1H. The Bertz CT molecular complexity index is 313. The summed E-state index contributed by atoms with van der Waals surface area (Å²) in [4.78, 5) is 0. The molecule has 1 saturated carbocycles. The highest BCUT2D eigenvalue weighted by molar-refractivity contribution is 5.85. The molecule has 1 aliphatic rings. The second-order valence-electron chi connectivity index (χ2n) is 3.45. The third-order valence-corrected chi connectivity index (χ3v) is 2.21.